The van der Waals surface area contributed by atoms with Gasteiger partial charge in [-0.2, -0.15) is 5.26 Å². The lowest BCUT2D eigenvalue weighted by Crippen LogP contribution is -2.50. The smallest absolute Gasteiger partial charge is 0.127 e. The zero-order chi connectivity index (χ0) is 13.9. The highest BCUT2D eigenvalue weighted by Crippen LogP contribution is 2.28. The van der Waals surface area contributed by atoms with Gasteiger partial charge in [0.05, 0.1) is 6.07 Å². The summed E-state index contributed by atoms with van der Waals surface area (Å²) < 4.78 is 0. The van der Waals surface area contributed by atoms with Crippen LogP contribution in [-0.2, 0) is 0 Å². The van der Waals surface area contributed by atoms with E-state index in [1.807, 2.05) is 12.1 Å². The highest BCUT2D eigenvalue weighted by molar-refractivity contribution is 5.53. The number of anilines is 1. The minimum atomic E-state index is -0.405. The Morgan fingerprint density at radius 2 is 1.89 bits per heavy atom. The minimum Gasteiger partial charge on any atom is -0.367 e. The molecule has 0 aromatic heterocycles. The van der Waals surface area contributed by atoms with E-state index in [1.54, 1.807) is 0 Å². The van der Waals surface area contributed by atoms with Gasteiger partial charge in [0.1, 0.15) is 5.54 Å². The predicted octanol–water partition coefficient (Wildman–Crippen LogP) is 3.17. The van der Waals surface area contributed by atoms with Gasteiger partial charge in [0.25, 0.3) is 0 Å². The highest BCUT2D eigenvalue weighted by Gasteiger charge is 2.35. The van der Waals surface area contributed by atoms with Gasteiger partial charge < -0.3 is 10.2 Å². The summed E-state index contributed by atoms with van der Waals surface area (Å²) in [6.07, 6.45) is 1.77. The zero-order valence-electron chi connectivity index (χ0n) is 12.1. The summed E-state index contributed by atoms with van der Waals surface area (Å²) in [5, 5.41) is 13.1. The van der Waals surface area contributed by atoms with Crippen molar-refractivity contribution >= 4 is 5.69 Å². The molecule has 0 amide bonds. The van der Waals surface area contributed by atoms with Gasteiger partial charge in [0.15, 0.2) is 0 Å². The topological polar surface area (TPSA) is 39.1 Å². The maximum Gasteiger partial charge on any atom is 0.127 e. The zero-order valence-corrected chi connectivity index (χ0v) is 12.1. The Morgan fingerprint density at radius 3 is 2.42 bits per heavy atom. The number of nitrogens with one attached hydrogen (secondary N) is 1. The monoisotopic (exact) mass is 257 g/mol. The fourth-order valence-corrected chi connectivity index (χ4v) is 2.66. The molecule has 2 rings (SSSR count). The van der Waals surface area contributed by atoms with Crippen LogP contribution in [0.15, 0.2) is 24.3 Å². The van der Waals surface area contributed by atoms with Gasteiger partial charge >= 0.3 is 0 Å². The van der Waals surface area contributed by atoms with E-state index in [1.165, 1.54) is 5.56 Å². The molecule has 0 spiro atoms. The van der Waals surface area contributed by atoms with Crippen LogP contribution in [0.5, 0.6) is 0 Å². The van der Waals surface area contributed by atoms with Crippen LogP contribution in [0.2, 0.25) is 0 Å². The summed E-state index contributed by atoms with van der Waals surface area (Å²) in [5.41, 5.74) is 1.88. The van der Waals surface area contributed by atoms with Gasteiger partial charge in [-0.3, -0.25) is 0 Å². The van der Waals surface area contributed by atoms with Crippen molar-refractivity contribution in [1.29, 1.82) is 5.26 Å². The first-order chi connectivity index (χ1) is 9.06. The molecule has 19 heavy (non-hydrogen) atoms. The predicted molar refractivity (Wildman–Crippen MR) is 79.1 cm³/mol. The van der Waals surface area contributed by atoms with Gasteiger partial charge in [-0.15, -0.1) is 0 Å². The molecule has 0 atom stereocenters. The van der Waals surface area contributed by atoms with E-state index in [4.69, 9.17) is 0 Å². The van der Waals surface area contributed by atoms with E-state index in [9.17, 15) is 5.26 Å². The van der Waals surface area contributed by atoms with Crippen LogP contribution >= 0.6 is 0 Å². The number of benzene rings is 1. The Balaban J connectivity index is 2.10. The van der Waals surface area contributed by atoms with Gasteiger partial charge in [-0.05, 0) is 45.2 Å². The molecule has 1 aromatic carbocycles. The van der Waals surface area contributed by atoms with Crippen LogP contribution < -0.4 is 5.32 Å². The quantitative estimate of drug-likeness (QED) is 0.904. The first-order valence-corrected chi connectivity index (χ1v) is 7.05. The Bertz CT molecular complexity index is 465. The van der Waals surface area contributed by atoms with Gasteiger partial charge in [-0.1, -0.05) is 18.2 Å². The van der Waals surface area contributed by atoms with E-state index < -0.39 is 5.54 Å². The number of nitriles is 1. The molecule has 0 unspecified atom stereocenters. The molecule has 0 aliphatic carbocycles. The van der Waals surface area contributed by atoms with Crippen molar-refractivity contribution in [1.82, 2.24) is 4.90 Å². The van der Waals surface area contributed by atoms with E-state index in [0.29, 0.717) is 6.04 Å². The summed E-state index contributed by atoms with van der Waals surface area (Å²) >= 11 is 0. The van der Waals surface area contributed by atoms with Crippen molar-refractivity contribution < 1.29 is 0 Å². The minimum absolute atomic E-state index is 0.405. The average molecular weight is 257 g/mol. The van der Waals surface area contributed by atoms with Crippen LogP contribution in [0.1, 0.15) is 32.3 Å². The Hall–Kier alpha value is -1.53. The van der Waals surface area contributed by atoms with Crippen molar-refractivity contribution in [3.8, 4) is 6.07 Å². The third-order valence-corrected chi connectivity index (χ3v) is 4.11. The summed E-state index contributed by atoms with van der Waals surface area (Å²) in [5.74, 6) is 0. The third-order valence-electron chi connectivity index (χ3n) is 4.11. The van der Waals surface area contributed by atoms with Crippen molar-refractivity contribution in [3.63, 3.8) is 0 Å². The second-order valence-corrected chi connectivity index (χ2v) is 5.76. The van der Waals surface area contributed by atoms with E-state index in [2.05, 4.69) is 49.2 Å². The number of aryl methyl sites for hydroxylation is 1. The van der Waals surface area contributed by atoms with Crippen LogP contribution in [-0.4, -0.2) is 29.6 Å². The summed E-state index contributed by atoms with van der Waals surface area (Å²) in [7, 11) is 0. The first-order valence-electron chi connectivity index (χ1n) is 7.05. The molecular formula is C16H23N3. The molecule has 0 radical (unpaired) electrons. The summed E-state index contributed by atoms with van der Waals surface area (Å²) in [4.78, 5) is 2.44. The number of nitrogens with zero attached hydrogens (tertiary/aromatic N) is 2. The molecule has 0 bridgehead atoms. The number of piperidine rings is 1. The second kappa shape index (κ2) is 5.63. The van der Waals surface area contributed by atoms with Gasteiger partial charge in [0, 0.05) is 24.8 Å². The highest BCUT2D eigenvalue weighted by atomic mass is 15.2. The molecule has 1 aliphatic heterocycles. The maximum atomic E-state index is 9.59. The molecule has 1 fully saturated rings. The fraction of sp³-hybridized carbons (Fsp3) is 0.562. The van der Waals surface area contributed by atoms with Crippen molar-refractivity contribution in [3.05, 3.63) is 29.8 Å². The molecule has 3 heteroatoms. The maximum absolute atomic E-state index is 9.59. The van der Waals surface area contributed by atoms with Crippen molar-refractivity contribution in [2.24, 2.45) is 0 Å². The number of rotatable bonds is 3. The SMILES string of the molecule is Cc1ccccc1NC1(C#N)CCN(C(C)C)CC1. The van der Waals surface area contributed by atoms with Gasteiger partial charge in [-0.25, -0.2) is 0 Å². The second-order valence-electron chi connectivity index (χ2n) is 5.76. The Morgan fingerprint density at radius 1 is 1.26 bits per heavy atom. The summed E-state index contributed by atoms with van der Waals surface area (Å²) in [6, 6.07) is 11.3. The Kier molecular flexibility index (Phi) is 4.11. The molecule has 1 saturated heterocycles. The van der Waals surface area contributed by atoms with E-state index in [0.717, 1.165) is 31.6 Å². The average Bonchev–Trinajstić information content (AvgIpc) is 2.42. The van der Waals surface area contributed by atoms with Gasteiger partial charge in [0.2, 0.25) is 0 Å². The fourth-order valence-electron chi connectivity index (χ4n) is 2.66. The molecule has 102 valence electrons. The molecule has 1 heterocycles. The number of para-hydroxylation sites is 1. The standard InChI is InChI=1S/C16H23N3/c1-13(2)19-10-8-16(12-17,9-11-19)18-15-7-5-4-6-14(15)3/h4-7,13,18H,8-11H2,1-3H3. The van der Waals surface area contributed by atoms with E-state index >= 15 is 0 Å². The molecule has 1 aromatic rings. The van der Waals surface area contributed by atoms with Crippen LogP contribution in [0.25, 0.3) is 0 Å². The number of hydrogen-bond acceptors (Lipinski definition) is 3. The normalized spacial score (nSPS) is 19.1. The molecule has 1 N–H and O–H groups in total. The number of likely N-dealkylation sites (tertiary alicyclic amines) is 1. The summed E-state index contributed by atoms with van der Waals surface area (Å²) in [6.45, 7) is 8.49. The largest absolute Gasteiger partial charge is 0.367 e. The number of hydrogen-bond donors (Lipinski definition) is 1. The van der Waals surface area contributed by atoms with Crippen LogP contribution in [0, 0.1) is 18.3 Å². The van der Waals surface area contributed by atoms with Crippen LogP contribution in [0.4, 0.5) is 5.69 Å². The third kappa shape index (κ3) is 3.08. The molecule has 1 aliphatic rings. The van der Waals surface area contributed by atoms with Crippen molar-refractivity contribution in [2.45, 2.75) is 45.2 Å². The first kappa shape index (κ1) is 13.9. The lowest BCUT2D eigenvalue weighted by Gasteiger charge is -2.40. The molecular weight excluding hydrogens is 234 g/mol. The molecule has 0 saturated carbocycles. The van der Waals surface area contributed by atoms with E-state index in [-0.39, 0.29) is 0 Å². The Labute approximate surface area is 116 Å². The lowest BCUT2D eigenvalue weighted by atomic mass is 9.88. The molecule has 3 nitrogen and oxygen atoms in total. The van der Waals surface area contributed by atoms with Crippen LogP contribution in [0.3, 0.4) is 0 Å². The van der Waals surface area contributed by atoms with Crippen molar-refractivity contribution in [2.75, 3.05) is 18.4 Å². The lowest BCUT2D eigenvalue weighted by molar-refractivity contribution is 0.160.